The average molecular weight is 961 g/mol. The number of rotatable bonds is 4. The Bertz CT molecular complexity index is 1870. The molecule has 13 heteroatoms. The van der Waals surface area contributed by atoms with Gasteiger partial charge in [0.05, 0.1) is 75.3 Å². The maximum Gasteiger partial charge on any atom is 0.204 e. The standard InChI is InChI=1S/C40H48N2O6.2HI.3H2O/c1-41(2)17-15-27-22-34(44-6)36-24-30(27)31(41)19-25-9-12-29(13-10-25)47-35-21-26(11-14-33(35)43-5)20-32-38-28(16-18-42(32,3)4)23-37(45-7)39(46-8)40(38)48-36;;;;;/h9-14,21-24,31-32H,15-20H2,1-8H3;2*1H;3*1H2/q+2;;;;;/p-2. The quantitative estimate of drug-likeness (QED) is 0.189. The zero-order chi connectivity index (χ0) is 33.8. The second-order valence-electron chi connectivity index (χ2n) is 14.5. The molecule has 6 N–H and O–H groups in total. The fourth-order valence-corrected chi connectivity index (χ4v) is 7.95. The van der Waals surface area contributed by atoms with Crippen LogP contribution < -0.4 is 76.4 Å². The van der Waals surface area contributed by atoms with Crippen molar-refractivity contribution < 1.29 is 102 Å². The van der Waals surface area contributed by atoms with E-state index in [2.05, 4.69) is 82.8 Å². The van der Waals surface area contributed by atoms with Crippen LogP contribution in [0, 0.1) is 0 Å². The summed E-state index contributed by atoms with van der Waals surface area (Å²) < 4.78 is 39.1. The summed E-state index contributed by atoms with van der Waals surface area (Å²) >= 11 is 0. The van der Waals surface area contributed by atoms with Crippen molar-refractivity contribution in [3.8, 4) is 46.0 Å². The monoisotopic (exact) mass is 960 g/mol. The first-order chi connectivity index (χ1) is 23.0. The van der Waals surface area contributed by atoms with Gasteiger partial charge in [-0.05, 0) is 64.7 Å². The second-order valence-corrected chi connectivity index (χ2v) is 14.5. The lowest BCUT2D eigenvalue weighted by molar-refractivity contribution is -0.923. The van der Waals surface area contributed by atoms with Crippen molar-refractivity contribution in [2.45, 2.75) is 37.8 Å². The van der Waals surface area contributed by atoms with Gasteiger partial charge >= 0.3 is 0 Å². The van der Waals surface area contributed by atoms with Gasteiger partial charge in [0, 0.05) is 31.2 Å². The van der Waals surface area contributed by atoms with Crippen LogP contribution in [0.3, 0.4) is 0 Å². The molecule has 0 amide bonds. The number of hydrogen-bond donors (Lipinski definition) is 0. The van der Waals surface area contributed by atoms with Crippen molar-refractivity contribution in [2.24, 2.45) is 0 Å². The average Bonchev–Trinajstić information content (AvgIpc) is 3.07. The van der Waals surface area contributed by atoms with Crippen LogP contribution in [0.4, 0.5) is 0 Å². The van der Waals surface area contributed by atoms with Gasteiger partial charge in [-0.25, -0.2) is 0 Å². The molecule has 4 aromatic rings. The number of likely N-dealkylation sites (N-methyl/N-ethyl adjacent to an activating group) is 2. The topological polar surface area (TPSA) is 150 Å². The molecule has 4 aliphatic rings. The smallest absolute Gasteiger partial charge is 0.204 e. The summed E-state index contributed by atoms with van der Waals surface area (Å²) in [7, 11) is 16.0. The predicted molar refractivity (Wildman–Crippen MR) is 197 cm³/mol. The van der Waals surface area contributed by atoms with Gasteiger partial charge in [0.15, 0.2) is 34.5 Å². The van der Waals surface area contributed by atoms with E-state index in [9.17, 15) is 0 Å². The third kappa shape index (κ3) is 8.61. The van der Waals surface area contributed by atoms with Crippen LogP contribution in [0.2, 0.25) is 0 Å². The fourth-order valence-electron chi connectivity index (χ4n) is 7.95. The lowest BCUT2D eigenvalue weighted by Gasteiger charge is -2.44. The number of halogens is 2. The van der Waals surface area contributed by atoms with E-state index >= 15 is 0 Å². The molecule has 8 rings (SSSR count). The van der Waals surface area contributed by atoms with Crippen LogP contribution in [0.5, 0.6) is 46.0 Å². The fraction of sp³-hybridized carbons (Fsp3) is 0.400. The van der Waals surface area contributed by atoms with Crippen molar-refractivity contribution in [1.82, 2.24) is 0 Å². The highest BCUT2D eigenvalue weighted by atomic mass is 127. The van der Waals surface area contributed by atoms with Crippen LogP contribution in [0.1, 0.15) is 45.5 Å². The number of nitrogens with zero attached hydrogens (tertiary/aromatic N) is 2. The summed E-state index contributed by atoms with van der Waals surface area (Å²) in [6, 6.07) is 21.6. The number of ether oxygens (including phenoxy) is 6. The Morgan fingerprint density at radius 1 is 0.566 bits per heavy atom. The van der Waals surface area contributed by atoms with Gasteiger partial charge in [-0.3, -0.25) is 0 Å². The minimum absolute atomic E-state index is 0. The van der Waals surface area contributed by atoms with Gasteiger partial charge in [0.2, 0.25) is 5.75 Å². The lowest BCUT2D eigenvalue weighted by atomic mass is 9.85. The van der Waals surface area contributed by atoms with Crippen LogP contribution in [0.25, 0.3) is 0 Å². The van der Waals surface area contributed by atoms with Gasteiger partial charge < -0.3 is 102 Å². The normalized spacial score (nSPS) is 18.3. The van der Waals surface area contributed by atoms with Crippen molar-refractivity contribution in [3.63, 3.8) is 0 Å². The van der Waals surface area contributed by atoms with E-state index < -0.39 is 0 Å². The van der Waals surface area contributed by atoms with E-state index in [4.69, 9.17) is 28.4 Å². The molecule has 292 valence electrons. The van der Waals surface area contributed by atoms with E-state index in [1.165, 1.54) is 22.3 Å². The van der Waals surface area contributed by atoms with E-state index in [-0.39, 0.29) is 76.5 Å². The Morgan fingerprint density at radius 3 is 1.74 bits per heavy atom. The highest BCUT2D eigenvalue weighted by Crippen LogP contribution is 2.53. The molecule has 0 saturated carbocycles. The Kier molecular flexibility index (Phi) is 15.7. The van der Waals surface area contributed by atoms with Gasteiger partial charge in [0.25, 0.3) is 0 Å². The van der Waals surface area contributed by atoms with Gasteiger partial charge in [0.1, 0.15) is 17.8 Å². The highest BCUT2D eigenvalue weighted by Gasteiger charge is 2.42. The zero-order valence-corrected chi connectivity index (χ0v) is 36.1. The molecule has 6 bridgehead atoms. The molecule has 0 spiro atoms. The number of quaternary nitrogens is 2. The lowest BCUT2D eigenvalue weighted by Crippen LogP contribution is -3.00. The molecule has 0 radical (unpaired) electrons. The minimum Gasteiger partial charge on any atom is -1.00 e. The van der Waals surface area contributed by atoms with Crippen molar-refractivity contribution in [1.29, 1.82) is 0 Å². The van der Waals surface area contributed by atoms with Gasteiger partial charge in [-0.2, -0.15) is 0 Å². The van der Waals surface area contributed by atoms with Crippen LogP contribution >= 0.6 is 0 Å². The largest absolute Gasteiger partial charge is 1.00 e. The Labute approximate surface area is 347 Å². The molecule has 0 aliphatic carbocycles. The predicted octanol–water partition coefficient (Wildman–Crippen LogP) is -1.01. The van der Waals surface area contributed by atoms with Crippen LogP contribution in [-0.2, 0) is 25.7 Å². The third-order valence-electron chi connectivity index (χ3n) is 10.9. The van der Waals surface area contributed by atoms with E-state index in [0.717, 1.165) is 70.4 Å². The van der Waals surface area contributed by atoms with E-state index in [1.807, 2.05) is 6.07 Å². The first kappa shape index (κ1) is 46.1. The van der Waals surface area contributed by atoms with Gasteiger partial charge in [-0.1, -0.05) is 18.2 Å². The molecule has 4 aliphatic heterocycles. The molecule has 4 heterocycles. The Morgan fingerprint density at radius 2 is 1.11 bits per heavy atom. The summed E-state index contributed by atoms with van der Waals surface area (Å²) in [5, 5.41) is 0. The Hall–Kier alpha value is -3.06. The number of fused-ring (bicyclic) bond motifs is 2. The summed E-state index contributed by atoms with van der Waals surface area (Å²) in [4.78, 5) is 0. The molecule has 0 fully saturated rings. The molecule has 4 aromatic carbocycles. The molecule has 11 nitrogen and oxygen atoms in total. The first-order valence-corrected chi connectivity index (χ1v) is 16.8. The molecule has 0 aromatic heterocycles. The molecule has 2 atom stereocenters. The molecule has 2 unspecified atom stereocenters. The molecule has 53 heavy (non-hydrogen) atoms. The summed E-state index contributed by atoms with van der Waals surface area (Å²) in [6.07, 6.45) is 3.47. The van der Waals surface area contributed by atoms with Crippen LogP contribution in [0.15, 0.2) is 60.7 Å². The SMILES string of the molecule is COc1ccc2cc1Oc1ccc(cc1)CC1c3cc(c(OC)cc3CC[N+]1(C)C)Oc1c(OC)c(OC)cc3c1C(C2)[N+](C)(C)CC3.O.O.O.[I-].[I-]. The zero-order valence-electron chi connectivity index (χ0n) is 31.8. The maximum atomic E-state index is 7.14. The third-order valence-corrected chi connectivity index (χ3v) is 10.9. The summed E-state index contributed by atoms with van der Waals surface area (Å²) in [5.41, 5.74) is 7.31. The second kappa shape index (κ2) is 18.0. The molecular weight excluding hydrogens is 906 g/mol. The van der Waals surface area contributed by atoms with E-state index in [1.54, 1.807) is 28.4 Å². The first-order valence-electron chi connectivity index (χ1n) is 16.8. The van der Waals surface area contributed by atoms with Gasteiger partial charge in [-0.15, -0.1) is 0 Å². The number of benzene rings is 4. The summed E-state index contributed by atoms with van der Waals surface area (Å²) in [6.45, 7) is 2.00. The minimum atomic E-state index is 0. The van der Waals surface area contributed by atoms with Crippen molar-refractivity contribution >= 4 is 0 Å². The van der Waals surface area contributed by atoms with Crippen molar-refractivity contribution in [2.75, 3.05) is 69.7 Å². The van der Waals surface area contributed by atoms with E-state index in [0.29, 0.717) is 34.5 Å². The molecular formula is C40H54I2N2O9. The highest BCUT2D eigenvalue weighted by molar-refractivity contribution is 5.63. The number of hydrogen-bond acceptors (Lipinski definition) is 6. The summed E-state index contributed by atoms with van der Waals surface area (Å²) in [5.74, 6) is 5.51. The van der Waals surface area contributed by atoms with Crippen molar-refractivity contribution in [3.05, 3.63) is 94.0 Å². The van der Waals surface area contributed by atoms with Crippen LogP contribution in [-0.4, -0.2) is 95.1 Å². The Balaban J connectivity index is 0.00000194. The maximum absolute atomic E-state index is 7.14. The number of methoxy groups -OCH3 is 4. The molecule has 0 saturated heterocycles.